The zero-order chi connectivity index (χ0) is 77.4. The van der Waals surface area contributed by atoms with Gasteiger partial charge in [0.25, 0.3) is 0 Å². The van der Waals surface area contributed by atoms with Gasteiger partial charge in [-0.2, -0.15) is 0 Å². The van der Waals surface area contributed by atoms with Crippen molar-refractivity contribution in [3.05, 3.63) is 36.5 Å². The largest absolute Gasteiger partial charge is 0.394 e. The van der Waals surface area contributed by atoms with Gasteiger partial charge in [-0.25, -0.2) is 0 Å². The summed E-state index contributed by atoms with van der Waals surface area (Å²) in [6, 6.07) is -0.887. The first-order chi connectivity index (χ1) is 52.3. The predicted octanol–water partition coefficient (Wildman–Crippen LogP) is 16.6. The molecule has 630 valence electrons. The summed E-state index contributed by atoms with van der Waals surface area (Å²) < 4.78 is 34.6. The predicted molar refractivity (Wildman–Crippen MR) is 429 cm³/mol. The highest BCUT2D eigenvalue weighted by atomic mass is 16.8. The number of carbonyl (C=O) groups is 1. The topological polar surface area (TPSA) is 307 Å². The highest BCUT2D eigenvalue weighted by Crippen LogP contribution is 2.34. The quantitative estimate of drug-likeness (QED) is 0.0199. The van der Waals surface area contributed by atoms with Crippen LogP contribution < -0.4 is 5.32 Å². The lowest BCUT2D eigenvalue weighted by molar-refractivity contribution is -0.379. The molecule has 19 nitrogen and oxygen atoms in total. The smallest absolute Gasteiger partial charge is 0.220 e. The first kappa shape index (κ1) is 99.2. The molecule has 3 saturated heterocycles. The molecule has 12 N–H and O–H groups in total. The Kier molecular flexibility index (Phi) is 63.4. The SMILES string of the molecule is CCCCCCC/C=C\C/C=C\C/C=C\CCCCCCCCCCCCCCCCCCCCCCCCC(=O)NC(COC1OC(CO)C(OC2OC(CO)C(OC3OC(CO)C(O)C(O)C3O)C(O)C2O)C(O)C1O)C(O)CCCCCCCCCCCCCCCCCCCCCCCCCCC. The van der Waals surface area contributed by atoms with Crippen LogP contribution in [0.3, 0.4) is 0 Å². The summed E-state index contributed by atoms with van der Waals surface area (Å²) in [5, 5.41) is 121. The molecule has 3 fully saturated rings. The van der Waals surface area contributed by atoms with Crippen molar-refractivity contribution >= 4 is 5.91 Å². The van der Waals surface area contributed by atoms with Gasteiger partial charge >= 0.3 is 0 Å². The van der Waals surface area contributed by atoms with Crippen molar-refractivity contribution in [2.24, 2.45) is 0 Å². The maximum atomic E-state index is 13.5. The van der Waals surface area contributed by atoms with E-state index < -0.39 is 124 Å². The number of nitrogens with one attached hydrogen (secondary N) is 1. The number of carbonyl (C=O) groups excluding carboxylic acids is 1. The fourth-order valence-electron chi connectivity index (χ4n) is 15.3. The second kappa shape index (κ2) is 68.4. The summed E-state index contributed by atoms with van der Waals surface area (Å²) in [6.45, 7) is 1.86. The molecule has 17 atom stereocenters. The van der Waals surface area contributed by atoms with E-state index in [9.17, 15) is 61.0 Å². The van der Waals surface area contributed by atoms with Crippen molar-refractivity contribution in [3.63, 3.8) is 0 Å². The molecule has 3 aliphatic heterocycles. The summed E-state index contributed by atoms with van der Waals surface area (Å²) >= 11 is 0. The number of unbranched alkanes of at least 4 members (excludes halogenated alkanes) is 51. The second-order valence-electron chi connectivity index (χ2n) is 32.1. The molecule has 0 aromatic carbocycles. The summed E-state index contributed by atoms with van der Waals surface area (Å²) in [5.74, 6) is -0.234. The molecule has 0 aliphatic carbocycles. The standard InChI is InChI=1S/C88H165NO18/c1-3-5-7-9-11-13-15-17-19-21-23-25-27-29-30-31-32-33-34-35-36-37-38-39-40-42-44-46-48-50-52-54-56-58-60-62-64-66-76(94)89-71(72(93)65-63-61-59-57-55-53-51-49-47-45-43-41-28-26-24-22-20-18-16-14-12-10-8-6-4-2)70-102-86-82(100)79(97)84(74(68-91)104-86)107-88-83(101)80(98)85(75(69-92)105-88)106-87-81(99)78(96)77(95)73(67-90)103-87/h15,17,21,23,27,29,71-75,77-88,90-93,95-101H,3-14,16,18-20,22,24-26,28,30-70H2,1-2H3,(H,89,94)/b17-15-,23-21-,29-27-. The van der Waals surface area contributed by atoms with Gasteiger partial charge in [0.05, 0.1) is 38.6 Å². The Labute approximate surface area is 651 Å². The van der Waals surface area contributed by atoms with Crippen LogP contribution in [0.5, 0.6) is 0 Å². The van der Waals surface area contributed by atoms with E-state index in [1.807, 2.05) is 0 Å². The van der Waals surface area contributed by atoms with Gasteiger partial charge in [-0.05, 0) is 51.4 Å². The van der Waals surface area contributed by atoms with Gasteiger partial charge in [0.1, 0.15) is 73.2 Å². The van der Waals surface area contributed by atoms with Crippen molar-refractivity contribution in [2.75, 3.05) is 26.4 Å². The number of aliphatic hydroxyl groups excluding tert-OH is 11. The summed E-state index contributed by atoms with van der Waals surface area (Å²) in [6.07, 6.45) is 59.7. The van der Waals surface area contributed by atoms with Gasteiger partial charge in [-0.3, -0.25) is 4.79 Å². The molecule has 107 heavy (non-hydrogen) atoms. The Morgan fingerprint density at radius 2 is 0.617 bits per heavy atom. The highest BCUT2D eigenvalue weighted by Gasteiger charge is 2.54. The van der Waals surface area contributed by atoms with Crippen LogP contribution in [0.4, 0.5) is 0 Å². The van der Waals surface area contributed by atoms with E-state index in [2.05, 4.69) is 55.6 Å². The third-order valence-electron chi connectivity index (χ3n) is 22.5. The number of hydrogen-bond donors (Lipinski definition) is 12. The summed E-state index contributed by atoms with van der Waals surface area (Å²) in [5.41, 5.74) is 0. The summed E-state index contributed by atoms with van der Waals surface area (Å²) in [4.78, 5) is 13.5. The number of hydrogen-bond acceptors (Lipinski definition) is 18. The lowest BCUT2D eigenvalue weighted by Crippen LogP contribution is -2.66. The Bertz CT molecular complexity index is 2070. The summed E-state index contributed by atoms with van der Waals surface area (Å²) in [7, 11) is 0. The monoisotopic (exact) mass is 1520 g/mol. The normalized spacial score (nSPS) is 25.6. The van der Waals surface area contributed by atoms with Crippen molar-refractivity contribution in [3.8, 4) is 0 Å². The molecule has 1 amide bonds. The third kappa shape index (κ3) is 47.5. The van der Waals surface area contributed by atoms with E-state index in [0.29, 0.717) is 12.8 Å². The molecular weight excluding hydrogens is 1360 g/mol. The van der Waals surface area contributed by atoms with Gasteiger partial charge in [0, 0.05) is 6.42 Å². The number of ether oxygens (including phenoxy) is 6. The molecule has 0 spiro atoms. The maximum Gasteiger partial charge on any atom is 0.220 e. The van der Waals surface area contributed by atoms with Crippen LogP contribution in [0.1, 0.15) is 386 Å². The molecule has 17 unspecified atom stereocenters. The lowest BCUT2D eigenvalue weighted by Gasteiger charge is -2.48. The average molecular weight is 1530 g/mol. The molecule has 19 heteroatoms. The van der Waals surface area contributed by atoms with Crippen LogP contribution in [0.15, 0.2) is 36.5 Å². The van der Waals surface area contributed by atoms with E-state index in [0.717, 1.165) is 57.8 Å². The molecule has 0 aromatic rings. The first-order valence-electron chi connectivity index (χ1n) is 44.7. The lowest BCUT2D eigenvalue weighted by atomic mass is 9.96. The molecule has 0 bridgehead atoms. The van der Waals surface area contributed by atoms with Gasteiger partial charge in [0.2, 0.25) is 5.91 Å². The molecule has 0 radical (unpaired) electrons. The van der Waals surface area contributed by atoms with E-state index in [1.165, 1.54) is 295 Å². The van der Waals surface area contributed by atoms with Gasteiger partial charge < -0.3 is 89.9 Å². The average Bonchev–Trinajstić information content (AvgIpc) is 0.781. The Hall–Kier alpha value is -1.99. The molecule has 3 aliphatic rings. The van der Waals surface area contributed by atoms with E-state index in [-0.39, 0.29) is 18.9 Å². The van der Waals surface area contributed by atoms with Gasteiger partial charge in [-0.15, -0.1) is 0 Å². The Morgan fingerprint density at radius 3 is 0.963 bits per heavy atom. The number of aliphatic hydroxyl groups is 11. The second-order valence-corrected chi connectivity index (χ2v) is 32.1. The Morgan fingerprint density at radius 1 is 0.336 bits per heavy atom. The molecular formula is C88H165NO18. The van der Waals surface area contributed by atoms with Crippen LogP contribution >= 0.6 is 0 Å². The van der Waals surface area contributed by atoms with Crippen LogP contribution in [-0.4, -0.2) is 193 Å². The zero-order valence-corrected chi connectivity index (χ0v) is 67.9. The third-order valence-corrected chi connectivity index (χ3v) is 22.5. The molecule has 3 heterocycles. The molecule has 0 saturated carbocycles. The fraction of sp³-hybridized carbons (Fsp3) is 0.920. The van der Waals surface area contributed by atoms with Crippen LogP contribution in [0, 0.1) is 0 Å². The minimum atomic E-state index is -1.97. The number of rotatable bonds is 73. The Balaban J connectivity index is 1.31. The number of amides is 1. The van der Waals surface area contributed by atoms with Crippen LogP contribution in [-0.2, 0) is 33.2 Å². The highest BCUT2D eigenvalue weighted by molar-refractivity contribution is 5.76. The van der Waals surface area contributed by atoms with E-state index in [1.54, 1.807) is 0 Å². The van der Waals surface area contributed by atoms with Crippen molar-refractivity contribution in [2.45, 2.75) is 491 Å². The maximum absolute atomic E-state index is 13.5. The molecule has 3 rings (SSSR count). The van der Waals surface area contributed by atoms with Gasteiger partial charge in [-0.1, -0.05) is 365 Å². The van der Waals surface area contributed by atoms with Crippen molar-refractivity contribution in [1.29, 1.82) is 0 Å². The minimum absolute atomic E-state index is 0.234. The zero-order valence-electron chi connectivity index (χ0n) is 67.9. The minimum Gasteiger partial charge on any atom is -0.394 e. The molecule has 0 aromatic heterocycles. The van der Waals surface area contributed by atoms with Gasteiger partial charge in [0.15, 0.2) is 18.9 Å². The van der Waals surface area contributed by atoms with Crippen molar-refractivity contribution in [1.82, 2.24) is 5.32 Å². The van der Waals surface area contributed by atoms with Crippen molar-refractivity contribution < 1.29 is 89.4 Å². The van der Waals surface area contributed by atoms with E-state index >= 15 is 0 Å². The van der Waals surface area contributed by atoms with E-state index in [4.69, 9.17) is 28.4 Å². The first-order valence-corrected chi connectivity index (χ1v) is 44.7. The number of allylic oxidation sites excluding steroid dienone is 6. The van der Waals surface area contributed by atoms with Crippen LogP contribution in [0.25, 0.3) is 0 Å². The van der Waals surface area contributed by atoms with Crippen LogP contribution in [0.2, 0.25) is 0 Å². The fourth-order valence-corrected chi connectivity index (χ4v) is 15.3.